The van der Waals surface area contributed by atoms with Crippen molar-refractivity contribution in [2.75, 3.05) is 11.9 Å². The van der Waals surface area contributed by atoms with E-state index in [0.717, 1.165) is 31.9 Å². The Labute approximate surface area is 174 Å². The molecule has 0 atom stereocenters. The summed E-state index contributed by atoms with van der Waals surface area (Å²) in [5.41, 5.74) is -0.219. The molecule has 2 aromatic rings. The minimum Gasteiger partial charge on any atom is -0.475 e. The Kier molecular flexibility index (Phi) is 6.50. The van der Waals surface area contributed by atoms with Crippen LogP contribution < -0.4 is 15.4 Å². The van der Waals surface area contributed by atoms with E-state index in [-0.39, 0.29) is 29.7 Å². The minimum absolute atomic E-state index is 0.0143. The van der Waals surface area contributed by atoms with Gasteiger partial charge in [-0.2, -0.15) is 19.7 Å². The molecular formula is C20H26FN7O2. The van der Waals surface area contributed by atoms with Gasteiger partial charge in [-0.1, -0.05) is 0 Å². The molecule has 0 unspecified atom stereocenters. The van der Waals surface area contributed by atoms with Crippen molar-refractivity contribution in [2.24, 2.45) is 5.92 Å². The zero-order valence-corrected chi connectivity index (χ0v) is 17.4. The third kappa shape index (κ3) is 5.43. The molecule has 9 nitrogen and oxygen atoms in total. The second-order valence-corrected chi connectivity index (χ2v) is 8.05. The number of carbonyl (C=O) groups is 1. The van der Waals surface area contributed by atoms with Crippen LogP contribution in [-0.4, -0.2) is 38.3 Å². The molecule has 2 aromatic heterocycles. The van der Waals surface area contributed by atoms with Crippen molar-refractivity contribution >= 4 is 17.5 Å². The van der Waals surface area contributed by atoms with Gasteiger partial charge in [-0.25, -0.2) is 4.98 Å². The number of amides is 1. The standard InChI is InChI=1S/C20H26FN7O2/c1-13(29)25-15-6-4-14(5-7-15)11-30-18-17(21)9-23-19(27-18)26-16-8-24-28(10-16)20(2,3)12-22/h8-10,14-15H,4-7,11H2,1-3H3,(H,25,29)(H,23,26,27). The number of hydrogen-bond acceptors (Lipinski definition) is 7. The number of anilines is 2. The number of nitriles is 1. The lowest BCUT2D eigenvalue weighted by molar-refractivity contribution is -0.119. The molecule has 0 saturated heterocycles. The minimum atomic E-state index is -0.795. The van der Waals surface area contributed by atoms with E-state index in [1.54, 1.807) is 26.2 Å². The largest absolute Gasteiger partial charge is 0.475 e. The van der Waals surface area contributed by atoms with Crippen LogP contribution in [0.5, 0.6) is 5.88 Å². The lowest BCUT2D eigenvalue weighted by Gasteiger charge is -2.28. The van der Waals surface area contributed by atoms with E-state index in [2.05, 4.69) is 31.8 Å². The number of rotatable bonds is 7. The van der Waals surface area contributed by atoms with Crippen LogP contribution in [0.2, 0.25) is 0 Å². The number of ether oxygens (including phenoxy) is 1. The summed E-state index contributed by atoms with van der Waals surface area (Å²) in [6.07, 6.45) is 7.82. The van der Waals surface area contributed by atoms with Gasteiger partial charge in [0.25, 0.3) is 5.88 Å². The zero-order valence-electron chi connectivity index (χ0n) is 17.4. The van der Waals surface area contributed by atoms with E-state index < -0.39 is 11.4 Å². The molecule has 0 radical (unpaired) electrons. The van der Waals surface area contributed by atoms with E-state index >= 15 is 0 Å². The number of aromatic nitrogens is 4. The Morgan fingerprint density at radius 1 is 1.37 bits per heavy atom. The predicted molar refractivity (Wildman–Crippen MR) is 107 cm³/mol. The van der Waals surface area contributed by atoms with Crippen LogP contribution >= 0.6 is 0 Å². The SMILES string of the molecule is CC(=O)NC1CCC(COc2nc(Nc3cnn(C(C)(C)C#N)c3)ncc2F)CC1. The first-order chi connectivity index (χ1) is 14.3. The van der Waals surface area contributed by atoms with Gasteiger partial charge in [0.05, 0.1) is 37.0 Å². The van der Waals surface area contributed by atoms with E-state index in [9.17, 15) is 14.4 Å². The Bertz CT molecular complexity index is 929. The molecule has 1 amide bonds. The average Bonchev–Trinajstić information content (AvgIpc) is 3.18. The van der Waals surface area contributed by atoms with Crippen LogP contribution in [-0.2, 0) is 10.3 Å². The van der Waals surface area contributed by atoms with Crippen LogP contribution in [0, 0.1) is 23.1 Å². The molecule has 1 fully saturated rings. The molecule has 0 aromatic carbocycles. The van der Waals surface area contributed by atoms with Gasteiger partial charge in [-0.05, 0) is 45.4 Å². The van der Waals surface area contributed by atoms with Crippen LogP contribution in [0.4, 0.5) is 16.0 Å². The number of nitrogens with zero attached hydrogens (tertiary/aromatic N) is 5. The van der Waals surface area contributed by atoms with E-state index in [0.29, 0.717) is 12.3 Å². The van der Waals surface area contributed by atoms with E-state index in [4.69, 9.17) is 4.74 Å². The quantitative estimate of drug-likeness (QED) is 0.714. The molecule has 10 heteroatoms. The van der Waals surface area contributed by atoms with Crippen molar-refractivity contribution in [3.63, 3.8) is 0 Å². The molecule has 2 N–H and O–H groups in total. The topological polar surface area (TPSA) is 118 Å². The zero-order chi connectivity index (χ0) is 21.7. The Balaban J connectivity index is 1.57. The molecular weight excluding hydrogens is 389 g/mol. The smallest absolute Gasteiger partial charge is 0.255 e. The van der Waals surface area contributed by atoms with Gasteiger partial charge in [-0.3, -0.25) is 9.48 Å². The normalized spacial score (nSPS) is 19.0. The lowest BCUT2D eigenvalue weighted by atomic mass is 9.86. The van der Waals surface area contributed by atoms with Crippen LogP contribution in [0.25, 0.3) is 0 Å². The predicted octanol–water partition coefficient (Wildman–Crippen LogP) is 2.89. The molecule has 1 saturated carbocycles. The van der Waals surface area contributed by atoms with Gasteiger partial charge in [0, 0.05) is 13.0 Å². The molecule has 160 valence electrons. The van der Waals surface area contributed by atoms with Gasteiger partial charge < -0.3 is 15.4 Å². The van der Waals surface area contributed by atoms with Crippen molar-refractivity contribution in [1.29, 1.82) is 5.26 Å². The molecule has 30 heavy (non-hydrogen) atoms. The maximum atomic E-state index is 14.1. The Morgan fingerprint density at radius 3 is 2.77 bits per heavy atom. The van der Waals surface area contributed by atoms with Crippen LogP contribution in [0.15, 0.2) is 18.6 Å². The molecule has 3 rings (SSSR count). The molecule has 0 bridgehead atoms. The third-order valence-electron chi connectivity index (χ3n) is 5.11. The van der Waals surface area contributed by atoms with Crippen molar-refractivity contribution in [1.82, 2.24) is 25.1 Å². The summed E-state index contributed by atoms with van der Waals surface area (Å²) in [5.74, 6) is -0.295. The van der Waals surface area contributed by atoms with Gasteiger partial charge in [0.1, 0.15) is 5.54 Å². The number of nitrogens with one attached hydrogen (secondary N) is 2. The van der Waals surface area contributed by atoms with Crippen molar-refractivity contribution < 1.29 is 13.9 Å². The van der Waals surface area contributed by atoms with Crippen LogP contribution in [0.1, 0.15) is 46.5 Å². The van der Waals surface area contributed by atoms with Crippen molar-refractivity contribution in [3.8, 4) is 11.9 Å². The molecule has 1 aliphatic carbocycles. The van der Waals surface area contributed by atoms with Gasteiger partial charge in [-0.15, -0.1) is 0 Å². The summed E-state index contributed by atoms with van der Waals surface area (Å²) in [4.78, 5) is 19.2. The second kappa shape index (κ2) is 9.07. The fourth-order valence-corrected chi connectivity index (χ4v) is 3.34. The van der Waals surface area contributed by atoms with Gasteiger partial charge >= 0.3 is 0 Å². The van der Waals surface area contributed by atoms with E-state index in [1.807, 2.05) is 0 Å². The van der Waals surface area contributed by atoms with Gasteiger partial charge in [0.15, 0.2) is 0 Å². The van der Waals surface area contributed by atoms with Crippen molar-refractivity contribution in [3.05, 3.63) is 24.4 Å². The second-order valence-electron chi connectivity index (χ2n) is 8.05. The first kappa shape index (κ1) is 21.5. The highest BCUT2D eigenvalue weighted by atomic mass is 19.1. The Morgan fingerprint density at radius 2 is 2.10 bits per heavy atom. The summed E-state index contributed by atoms with van der Waals surface area (Å²) >= 11 is 0. The van der Waals surface area contributed by atoms with Crippen molar-refractivity contribution in [2.45, 2.75) is 58.0 Å². The number of halogens is 1. The lowest BCUT2D eigenvalue weighted by Crippen LogP contribution is -2.37. The number of hydrogen-bond donors (Lipinski definition) is 2. The fourth-order valence-electron chi connectivity index (χ4n) is 3.34. The fraction of sp³-hybridized carbons (Fsp3) is 0.550. The third-order valence-corrected chi connectivity index (χ3v) is 5.11. The van der Waals surface area contributed by atoms with Gasteiger partial charge in [0.2, 0.25) is 17.7 Å². The summed E-state index contributed by atoms with van der Waals surface area (Å²) in [6.45, 7) is 5.37. The molecule has 1 aliphatic rings. The average molecular weight is 415 g/mol. The summed E-state index contributed by atoms with van der Waals surface area (Å²) in [6, 6.07) is 2.37. The maximum Gasteiger partial charge on any atom is 0.255 e. The van der Waals surface area contributed by atoms with Crippen LogP contribution in [0.3, 0.4) is 0 Å². The highest BCUT2D eigenvalue weighted by Crippen LogP contribution is 2.26. The number of carbonyl (C=O) groups excluding carboxylic acids is 1. The molecule has 2 heterocycles. The van der Waals surface area contributed by atoms with E-state index in [1.165, 1.54) is 11.6 Å². The summed E-state index contributed by atoms with van der Waals surface area (Å²) < 4.78 is 21.2. The summed E-state index contributed by atoms with van der Waals surface area (Å²) in [5, 5.41) is 19.2. The monoisotopic (exact) mass is 415 g/mol. The molecule has 0 aliphatic heterocycles. The highest BCUT2D eigenvalue weighted by molar-refractivity contribution is 5.73. The summed E-state index contributed by atoms with van der Waals surface area (Å²) in [7, 11) is 0. The maximum absolute atomic E-state index is 14.1. The highest BCUT2D eigenvalue weighted by Gasteiger charge is 2.23. The Hall–Kier alpha value is -3.22. The first-order valence-corrected chi connectivity index (χ1v) is 9.92. The first-order valence-electron chi connectivity index (χ1n) is 9.92. The molecule has 0 spiro atoms.